The molecule has 0 saturated carbocycles. The van der Waals surface area contributed by atoms with Crippen LogP contribution in [0, 0.1) is 11.8 Å². The summed E-state index contributed by atoms with van der Waals surface area (Å²) in [6.07, 6.45) is 1.42. The van der Waals surface area contributed by atoms with Crippen LogP contribution < -0.4 is 0 Å². The van der Waals surface area contributed by atoms with Crippen LogP contribution in [0.5, 0.6) is 0 Å². The van der Waals surface area contributed by atoms with Crippen molar-refractivity contribution in [2.75, 3.05) is 6.16 Å². The third-order valence-corrected chi connectivity index (χ3v) is 0.911. The Labute approximate surface area is 45.3 Å². The molecular formula is C5H7OP. The molecule has 0 spiro atoms. The fourth-order valence-corrected chi connectivity index (χ4v) is 0.430. The standard InChI is InChI=1S/C5H7OP/c1-2-3-4-5-7-6/h4-5H2,1H3. The van der Waals surface area contributed by atoms with Crippen molar-refractivity contribution >= 4 is 8.46 Å². The number of rotatable bonds is 2. The van der Waals surface area contributed by atoms with Crippen molar-refractivity contribution in [2.24, 2.45) is 0 Å². The molecule has 0 heterocycles. The highest BCUT2D eigenvalue weighted by atomic mass is 31.1. The quantitative estimate of drug-likeness (QED) is 0.303. The van der Waals surface area contributed by atoms with Crippen molar-refractivity contribution in [3.63, 3.8) is 0 Å². The maximum absolute atomic E-state index is 9.71. The van der Waals surface area contributed by atoms with Crippen molar-refractivity contribution in [1.29, 1.82) is 0 Å². The van der Waals surface area contributed by atoms with Gasteiger partial charge in [0.15, 0.2) is 8.46 Å². The summed E-state index contributed by atoms with van der Waals surface area (Å²) in [5.74, 6) is 5.50. The molecule has 0 aromatic heterocycles. The van der Waals surface area contributed by atoms with Gasteiger partial charge in [0, 0.05) is 12.6 Å². The summed E-state index contributed by atoms with van der Waals surface area (Å²) in [5, 5.41) is 0. The molecule has 0 N–H and O–H groups in total. The van der Waals surface area contributed by atoms with Gasteiger partial charge in [-0.15, -0.1) is 11.8 Å². The number of hydrogen-bond donors (Lipinski definition) is 0. The highest BCUT2D eigenvalue weighted by molar-refractivity contribution is 7.23. The van der Waals surface area contributed by atoms with E-state index in [2.05, 4.69) is 11.8 Å². The van der Waals surface area contributed by atoms with Crippen LogP contribution in [-0.4, -0.2) is 6.16 Å². The Kier molecular flexibility index (Phi) is 5.39. The fourth-order valence-electron chi connectivity index (χ4n) is 0.227. The van der Waals surface area contributed by atoms with Gasteiger partial charge in [0.25, 0.3) is 0 Å². The van der Waals surface area contributed by atoms with E-state index in [1.54, 1.807) is 6.92 Å². The van der Waals surface area contributed by atoms with E-state index in [1.165, 1.54) is 0 Å². The first kappa shape index (κ1) is 6.66. The van der Waals surface area contributed by atoms with Crippen LogP contribution in [0.25, 0.3) is 0 Å². The Balaban J connectivity index is 2.92. The zero-order valence-electron chi connectivity index (χ0n) is 4.27. The normalized spacial score (nSPS) is 7.57. The molecule has 0 rings (SSSR count). The van der Waals surface area contributed by atoms with Crippen LogP contribution in [-0.2, 0) is 4.57 Å². The molecule has 0 aliphatic carbocycles. The summed E-state index contributed by atoms with van der Waals surface area (Å²) >= 11 is 0. The van der Waals surface area contributed by atoms with E-state index < -0.39 is 0 Å². The summed E-state index contributed by atoms with van der Waals surface area (Å²) in [5.41, 5.74) is 0. The molecule has 0 aliphatic rings. The van der Waals surface area contributed by atoms with Crippen molar-refractivity contribution in [2.45, 2.75) is 13.3 Å². The highest BCUT2D eigenvalue weighted by Gasteiger charge is 1.73. The van der Waals surface area contributed by atoms with Gasteiger partial charge in [-0.25, -0.2) is 0 Å². The van der Waals surface area contributed by atoms with Crippen LogP contribution in [0.15, 0.2) is 0 Å². The van der Waals surface area contributed by atoms with Gasteiger partial charge >= 0.3 is 0 Å². The van der Waals surface area contributed by atoms with Gasteiger partial charge in [-0.3, -0.25) is 4.57 Å². The van der Waals surface area contributed by atoms with E-state index in [-0.39, 0.29) is 8.46 Å². The molecule has 0 aromatic rings. The Bertz CT molecular complexity index is 98.4. The minimum Gasteiger partial charge on any atom is -0.275 e. The zero-order valence-corrected chi connectivity index (χ0v) is 5.16. The minimum absolute atomic E-state index is 0.202. The maximum atomic E-state index is 9.71. The maximum Gasteiger partial charge on any atom is 0.156 e. The topological polar surface area (TPSA) is 17.1 Å². The van der Waals surface area contributed by atoms with E-state index in [0.29, 0.717) is 6.16 Å². The van der Waals surface area contributed by atoms with Crippen LogP contribution in [0.1, 0.15) is 13.3 Å². The smallest absolute Gasteiger partial charge is 0.156 e. The molecule has 0 unspecified atom stereocenters. The lowest BCUT2D eigenvalue weighted by atomic mass is 10.5. The molecule has 38 valence electrons. The first-order chi connectivity index (χ1) is 3.41. The van der Waals surface area contributed by atoms with Gasteiger partial charge in [0.1, 0.15) is 0 Å². The van der Waals surface area contributed by atoms with Gasteiger partial charge < -0.3 is 0 Å². The van der Waals surface area contributed by atoms with Crippen LogP contribution in [0.4, 0.5) is 0 Å². The average molecular weight is 114 g/mol. The van der Waals surface area contributed by atoms with Gasteiger partial charge in [0.05, 0.1) is 0 Å². The molecule has 0 aliphatic heterocycles. The molecule has 0 fully saturated rings. The Morgan fingerprint density at radius 3 is 2.86 bits per heavy atom. The van der Waals surface area contributed by atoms with Crippen molar-refractivity contribution in [3.05, 3.63) is 0 Å². The first-order valence-corrected chi connectivity index (χ1v) is 3.10. The first-order valence-electron chi connectivity index (χ1n) is 2.10. The Hall–Kier alpha value is -0.340. The van der Waals surface area contributed by atoms with E-state index in [1.807, 2.05) is 0 Å². The lowest BCUT2D eigenvalue weighted by Gasteiger charge is -1.70. The molecule has 0 amide bonds. The average Bonchev–Trinajstić information content (AvgIpc) is 1.69. The highest BCUT2D eigenvalue weighted by Crippen LogP contribution is 1.91. The third kappa shape index (κ3) is 5.66. The van der Waals surface area contributed by atoms with Crippen LogP contribution >= 0.6 is 8.46 Å². The minimum atomic E-state index is 0.202. The largest absolute Gasteiger partial charge is 0.275 e. The van der Waals surface area contributed by atoms with Gasteiger partial charge in [-0.05, 0) is 6.92 Å². The van der Waals surface area contributed by atoms with Crippen LogP contribution in [0.3, 0.4) is 0 Å². The summed E-state index contributed by atoms with van der Waals surface area (Å²) in [4.78, 5) is 0. The second-order valence-corrected chi connectivity index (χ2v) is 1.73. The van der Waals surface area contributed by atoms with Crippen LogP contribution in [0.2, 0.25) is 0 Å². The SMILES string of the molecule is CC#CCCP=O. The fraction of sp³-hybridized carbons (Fsp3) is 0.600. The summed E-state index contributed by atoms with van der Waals surface area (Å²) in [6.45, 7) is 1.78. The molecule has 1 nitrogen and oxygen atoms in total. The van der Waals surface area contributed by atoms with E-state index >= 15 is 0 Å². The molecule has 0 saturated heterocycles. The summed E-state index contributed by atoms with van der Waals surface area (Å²) < 4.78 is 9.71. The molecule has 2 heteroatoms. The second-order valence-electron chi connectivity index (χ2n) is 1.03. The summed E-state index contributed by atoms with van der Waals surface area (Å²) in [7, 11) is 0.202. The van der Waals surface area contributed by atoms with Gasteiger partial charge in [-0.1, -0.05) is 0 Å². The monoisotopic (exact) mass is 114 g/mol. The lowest BCUT2D eigenvalue weighted by molar-refractivity contribution is 0.598. The predicted molar refractivity (Wildman–Crippen MR) is 30.5 cm³/mol. The van der Waals surface area contributed by atoms with Crippen molar-refractivity contribution < 1.29 is 4.57 Å². The van der Waals surface area contributed by atoms with Gasteiger partial charge in [0.2, 0.25) is 0 Å². The third-order valence-electron chi connectivity index (χ3n) is 0.505. The molecule has 7 heavy (non-hydrogen) atoms. The van der Waals surface area contributed by atoms with E-state index in [0.717, 1.165) is 6.42 Å². The molecular weight excluding hydrogens is 107 g/mol. The summed E-state index contributed by atoms with van der Waals surface area (Å²) in [6, 6.07) is 0. The molecule has 0 atom stereocenters. The second kappa shape index (κ2) is 5.66. The Morgan fingerprint density at radius 1 is 1.71 bits per heavy atom. The van der Waals surface area contributed by atoms with E-state index in [9.17, 15) is 4.57 Å². The predicted octanol–water partition coefficient (Wildman–Crippen LogP) is 1.69. The molecule has 0 aromatic carbocycles. The lowest BCUT2D eigenvalue weighted by Crippen LogP contribution is -1.64. The van der Waals surface area contributed by atoms with Crippen molar-refractivity contribution in [3.8, 4) is 11.8 Å². The van der Waals surface area contributed by atoms with Crippen molar-refractivity contribution in [1.82, 2.24) is 0 Å². The zero-order chi connectivity index (χ0) is 5.54. The van der Waals surface area contributed by atoms with E-state index in [4.69, 9.17) is 0 Å². The molecule has 0 radical (unpaired) electrons. The molecule has 0 bridgehead atoms. The number of hydrogen-bond acceptors (Lipinski definition) is 1. The van der Waals surface area contributed by atoms with Gasteiger partial charge in [-0.2, -0.15) is 0 Å². The Morgan fingerprint density at radius 2 is 2.43 bits per heavy atom.